The minimum absolute atomic E-state index is 0.229. The summed E-state index contributed by atoms with van der Waals surface area (Å²) in [5.74, 6) is 1.96. The molecule has 1 saturated carbocycles. The number of hydrogen-bond donors (Lipinski definition) is 2. The van der Waals surface area contributed by atoms with Crippen LogP contribution in [0.1, 0.15) is 56.9 Å². The quantitative estimate of drug-likeness (QED) is 0.588. The van der Waals surface area contributed by atoms with E-state index in [9.17, 15) is 5.11 Å². The first-order valence-corrected chi connectivity index (χ1v) is 10.4. The van der Waals surface area contributed by atoms with Gasteiger partial charge in [0.25, 0.3) is 0 Å². The number of hydrogen-bond acceptors (Lipinski definition) is 4. The summed E-state index contributed by atoms with van der Waals surface area (Å²) in [5.41, 5.74) is 0.138. The molecule has 0 radical (unpaired) electrons. The van der Waals surface area contributed by atoms with Crippen LogP contribution in [0.25, 0.3) is 0 Å². The molecule has 1 aromatic rings. The Bertz CT molecular complexity index is 540. The van der Waals surface area contributed by atoms with Gasteiger partial charge in [-0.15, -0.1) is 0 Å². The fourth-order valence-electron chi connectivity index (χ4n) is 4.15. The number of aliphatic hydroxyl groups is 1. The van der Waals surface area contributed by atoms with Gasteiger partial charge in [0.05, 0.1) is 12.2 Å². The van der Waals surface area contributed by atoms with Crippen LogP contribution in [0.4, 0.5) is 0 Å². The minimum atomic E-state index is -0.836. The van der Waals surface area contributed by atoms with Crippen molar-refractivity contribution in [2.24, 2.45) is 11.8 Å². The molecule has 0 aromatic heterocycles. The van der Waals surface area contributed by atoms with Gasteiger partial charge in [0, 0.05) is 31.7 Å². The van der Waals surface area contributed by atoms with Crippen LogP contribution in [-0.4, -0.2) is 38.5 Å². The normalized spacial score (nSPS) is 22.8. The third-order valence-corrected chi connectivity index (χ3v) is 5.96. The van der Waals surface area contributed by atoms with Gasteiger partial charge in [-0.05, 0) is 57.1 Å². The SMILES string of the molecule is COCCCCC(O)(c1ccccc1OCCC1CC1)C1CCCNC1. The molecule has 1 aromatic carbocycles. The molecule has 4 heteroatoms. The summed E-state index contributed by atoms with van der Waals surface area (Å²) in [4.78, 5) is 0. The lowest BCUT2D eigenvalue weighted by Gasteiger charge is -2.40. The maximum absolute atomic E-state index is 11.8. The van der Waals surface area contributed by atoms with Gasteiger partial charge in [-0.2, -0.15) is 0 Å². The molecule has 2 aliphatic rings. The van der Waals surface area contributed by atoms with Crippen molar-refractivity contribution in [1.82, 2.24) is 5.32 Å². The second-order valence-corrected chi connectivity index (χ2v) is 7.99. The van der Waals surface area contributed by atoms with Crippen molar-refractivity contribution in [3.63, 3.8) is 0 Å². The molecule has 4 nitrogen and oxygen atoms in total. The zero-order valence-corrected chi connectivity index (χ0v) is 16.2. The van der Waals surface area contributed by atoms with Crippen LogP contribution in [0.5, 0.6) is 5.75 Å². The smallest absolute Gasteiger partial charge is 0.125 e. The monoisotopic (exact) mass is 361 g/mol. The Morgan fingerprint density at radius 2 is 2.00 bits per heavy atom. The van der Waals surface area contributed by atoms with E-state index in [1.807, 2.05) is 18.2 Å². The molecule has 26 heavy (non-hydrogen) atoms. The predicted octanol–water partition coefficient (Wildman–Crippen LogP) is 3.87. The average Bonchev–Trinajstić information content (AvgIpc) is 3.51. The number of unbranched alkanes of at least 4 members (excludes halogenated alkanes) is 1. The van der Waals surface area contributed by atoms with Crippen LogP contribution in [-0.2, 0) is 10.3 Å². The van der Waals surface area contributed by atoms with Crippen molar-refractivity contribution in [3.05, 3.63) is 29.8 Å². The summed E-state index contributed by atoms with van der Waals surface area (Å²) in [6.07, 6.45) is 8.70. The summed E-state index contributed by atoms with van der Waals surface area (Å²) in [5, 5.41) is 15.3. The van der Waals surface area contributed by atoms with E-state index in [1.165, 1.54) is 12.8 Å². The molecule has 1 aliphatic heterocycles. The third-order valence-electron chi connectivity index (χ3n) is 5.96. The minimum Gasteiger partial charge on any atom is -0.493 e. The van der Waals surface area contributed by atoms with Crippen molar-refractivity contribution in [3.8, 4) is 5.75 Å². The summed E-state index contributed by atoms with van der Waals surface area (Å²) in [6, 6.07) is 8.13. The first kappa shape index (κ1) is 19.7. The molecule has 2 atom stereocenters. The molecular formula is C22H35NO3. The molecule has 2 N–H and O–H groups in total. The fraction of sp³-hybridized carbons (Fsp3) is 0.727. The highest BCUT2D eigenvalue weighted by Crippen LogP contribution is 2.42. The van der Waals surface area contributed by atoms with Crippen LogP contribution in [0.15, 0.2) is 24.3 Å². The van der Waals surface area contributed by atoms with Crippen molar-refractivity contribution in [2.75, 3.05) is 33.4 Å². The van der Waals surface area contributed by atoms with Crippen LogP contribution >= 0.6 is 0 Å². The van der Waals surface area contributed by atoms with E-state index in [2.05, 4.69) is 11.4 Å². The van der Waals surface area contributed by atoms with Gasteiger partial charge in [0.15, 0.2) is 0 Å². The maximum atomic E-state index is 11.8. The maximum Gasteiger partial charge on any atom is 0.125 e. The Hall–Kier alpha value is -1.10. The highest BCUT2D eigenvalue weighted by molar-refractivity contribution is 5.39. The third kappa shape index (κ3) is 5.21. The number of nitrogens with one attached hydrogen (secondary N) is 1. The molecule has 3 rings (SSSR count). The van der Waals surface area contributed by atoms with Crippen LogP contribution in [0.2, 0.25) is 0 Å². The van der Waals surface area contributed by atoms with Gasteiger partial charge < -0.3 is 19.9 Å². The molecular weight excluding hydrogens is 326 g/mol. The largest absolute Gasteiger partial charge is 0.493 e. The van der Waals surface area contributed by atoms with Crippen molar-refractivity contribution in [1.29, 1.82) is 0 Å². The molecule has 2 fully saturated rings. The molecule has 146 valence electrons. The summed E-state index contributed by atoms with van der Waals surface area (Å²) in [7, 11) is 1.74. The van der Waals surface area contributed by atoms with Gasteiger partial charge in [0.1, 0.15) is 5.75 Å². The van der Waals surface area contributed by atoms with E-state index in [0.717, 1.165) is 82.1 Å². The Morgan fingerprint density at radius 1 is 1.15 bits per heavy atom. The van der Waals surface area contributed by atoms with Crippen LogP contribution in [0.3, 0.4) is 0 Å². The molecule has 0 amide bonds. The van der Waals surface area contributed by atoms with E-state index in [-0.39, 0.29) is 5.92 Å². The van der Waals surface area contributed by atoms with Crippen molar-refractivity contribution >= 4 is 0 Å². The van der Waals surface area contributed by atoms with Gasteiger partial charge in [-0.1, -0.05) is 31.0 Å². The van der Waals surface area contributed by atoms with Crippen molar-refractivity contribution < 1.29 is 14.6 Å². The highest BCUT2D eigenvalue weighted by Gasteiger charge is 2.40. The number of ether oxygens (including phenoxy) is 2. The zero-order chi connectivity index (χ0) is 18.2. The van der Waals surface area contributed by atoms with Gasteiger partial charge in [-0.25, -0.2) is 0 Å². The second-order valence-electron chi connectivity index (χ2n) is 7.99. The van der Waals surface area contributed by atoms with E-state index in [0.29, 0.717) is 0 Å². The second kappa shape index (κ2) is 9.72. The average molecular weight is 362 g/mol. The standard InChI is InChI=1S/C22H35NO3/c1-25-15-5-4-13-22(24,19-7-6-14-23-17-19)20-8-2-3-9-21(20)26-16-12-18-10-11-18/h2-3,8-9,18-19,23-24H,4-7,10-17H2,1H3. The molecule has 1 saturated heterocycles. The van der Waals surface area contributed by atoms with E-state index < -0.39 is 5.60 Å². The molecule has 0 spiro atoms. The lowest BCUT2D eigenvalue weighted by Crippen LogP contribution is -2.44. The van der Waals surface area contributed by atoms with Crippen LogP contribution in [0, 0.1) is 11.8 Å². The van der Waals surface area contributed by atoms with E-state index >= 15 is 0 Å². The lowest BCUT2D eigenvalue weighted by atomic mass is 9.74. The number of piperidine rings is 1. The van der Waals surface area contributed by atoms with Gasteiger partial charge in [0.2, 0.25) is 0 Å². The molecule has 0 bridgehead atoms. The number of para-hydroxylation sites is 1. The Labute approximate surface area is 158 Å². The first-order valence-electron chi connectivity index (χ1n) is 10.4. The Balaban J connectivity index is 1.75. The topological polar surface area (TPSA) is 50.7 Å². The van der Waals surface area contributed by atoms with Gasteiger partial charge in [-0.3, -0.25) is 0 Å². The first-order chi connectivity index (χ1) is 12.7. The Morgan fingerprint density at radius 3 is 2.73 bits per heavy atom. The summed E-state index contributed by atoms with van der Waals surface area (Å²) >= 11 is 0. The summed E-state index contributed by atoms with van der Waals surface area (Å²) < 4.78 is 11.3. The zero-order valence-electron chi connectivity index (χ0n) is 16.2. The van der Waals surface area contributed by atoms with Crippen LogP contribution < -0.4 is 10.1 Å². The number of rotatable bonds is 11. The van der Waals surface area contributed by atoms with Crippen molar-refractivity contribution in [2.45, 2.75) is 57.0 Å². The number of benzene rings is 1. The predicted molar refractivity (Wildman–Crippen MR) is 104 cm³/mol. The Kier molecular flexibility index (Phi) is 7.35. The van der Waals surface area contributed by atoms with E-state index in [1.54, 1.807) is 7.11 Å². The fourth-order valence-corrected chi connectivity index (χ4v) is 4.15. The number of methoxy groups -OCH3 is 1. The lowest BCUT2D eigenvalue weighted by molar-refractivity contribution is -0.0453. The molecule has 1 heterocycles. The van der Waals surface area contributed by atoms with E-state index in [4.69, 9.17) is 9.47 Å². The molecule has 1 aliphatic carbocycles. The highest BCUT2D eigenvalue weighted by atomic mass is 16.5. The molecule has 2 unspecified atom stereocenters. The summed E-state index contributed by atoms with van der Waals surface area (Å²) in [6.45, 7) is 3.43. The van der Waals surface area contributed by atoms with Gasteiger partial charge >= 0.3 is 0 Å².